The number of hydrogen-bond donors (Lipinski definition) is 1. The van der Waals surface area contributed by atoms with Gasteiger partial charge in [-0.2, -0.15) is 0 Å². The van der Waals surface area contributed by atoms with Gasteiger partial charge < -0.3 is 9.73 Å². The van der Waals surface area contributed by atoms with Crippen LogP contribution in [0.3, 0.4) is 0 Å². The Morgan fingerprint density at radius 2 is 2.24 bits per heavy atom. The monoisotopic (exact) mass is 236 g/mol. The quantitative estimate of drug-likeness (QED) is 0.871. The molecule has 2 unspecified atom stereocenters. The number of piperazine rings is 1. The number of rotatable bonds is 4. The molecule has 0 aliphatic carbocycles. The van der Waals surface area contributed by atoms with Crippen LogP contribution < -0.4 is 5.32 Å². The second kappa shape index (κ2) is 5.69. The average molecular weight is 236 g/mol. The normalized spacial score (nSPS) is 26.3. The topological polar surface area (TPSA) is 28.4 Å². The molecule has 0 aromatic carbocycles. The Balaban J connectivity index is 2.03. The van der Waals surface area contributed by atoms with E-state index >= 15 is 0 Å². The van der Waals surface area contributed by atoms with Gasteiger partial charge in [0.25, 0.3) is 0 Å². The second-order valence-electron chi connectivity index (χ2n) is 5.03. The predicted molar refractivity (Wildman–Crippen MR) is 70.0 cm³/mol. The highest BCUT2D eigenvalue weighted by atomic mass is 16.3. The summed E-state index contributed by atoms with van der Waals surface area (Å²) in [6.45, 7) is 9.83. The third-order valence-electron chi connectivity index (χ3n) is 3.89. The van der Waals surface area contributed by atoms with Crippen LogP contribution in [0.1, 0.15) is 38.0 Å². The van der Waals surface area contributed by atoms with Crippen molar-refractivity contribution < 1.29 is 4.42 Å². The SMILES string of the molecule is CCC1CN(Cc2occc2C)C(CC)CN1. The number of nitrogens with zero attached hydrogens (tertiary/aromatic N) is 1. The van der Waals surface area contributed by atoms with Crippen LogP contribution in [0.4, 0.5) is 0 Å². The Hall–Kier alpha value is -0.800. The van der Waals surface area contributed by atoms with E-state index in [2.05, 4.69) is 37.1 Å². The lowest BCUT2D eigenvalue weighted by Gasteiger charge is -2.39. The number of furan rings is 1. The molecule has 1 aliphatic heterocycles. The summed E-state index contributed by atoms with van der Waals surface area (Å²) in [5.41, 5.74) is 1.27. The molecule has 2 heterocycles. The molecule has 1 aromatic heterocycles. The van der Waals surface area contributed by atoms with Crippen LogP contribution in [0.25, 0.3) is 0 Å². The summed E-state index contributed by atoms with van der Waals surface area (Å²) in [7, 11) is 0. The molecule has 17 heavy (non-hydrogen) atoms. The minimum atomic E-state index is 0.632. The number of hydrogen-bond acceptors (Lipinski definition) is 3. The first-order valence-electron chi connectivity index (χ1n) is 6.75. The van der Waals surface area contributed by atoms with Crippen LogP contribution in [0.2, 0.25) is 0 Å². The zero-order valence-electron chi connectivity index (χ0n) is 11.2. The highest BCUT2D eigenvalue weighted by Crippen LogP contribution is 2.18. The molecule has 1 N–H and O–H groups in total. The molecule has 2 atom stereocenters. The van der Waals surface area contributed by atoms with Crippen LogP contribution >= 0.6 is 0 Å². The van der Waals surface area contributed by atoms with Gasteiger partial charge in [-0.1, -0.05) is 13.8 Å². The molecule has 96 valence electrons. The molecule has 1 saturated heterocycles. The lowest BCUT2D eigenvalue weighted by atomic mass is 10.0. The molecule has 3 heteroatoms. The van der Waals surface area contributed by atoms with E-state index < -0.39 is 0 Å². The third kappa shape index (κ3) is 2.90. The van der Waals surface area contributed by atoms with E-state index in [1.165, 1.54) is 18.4 Å². The average Bonchev–Trinajstić information content (AvgIpc) is 2.75. The number of nitrogens with one attached hydrogen (secondary N) is 1. The van der Waals surface area contributed by atoms with E-state index in [4.69, 9.17) is 4.42 Å². The first kappa shape index (κ1) is 12.7. The van der Waals surface area contributed by atoms with Gasteiger partial charge >= 0.3 is 0 Å². The Kier molecular flexibility index (Phi) is 4.24. The minimum Gasteiger partial charge on any atom is -0.468 e. The van der Waals surface area contributed by atoms with Gasteiger partial charge in [0, 0.05) is 25.2 Å². The largest absolute Gasteiger partial charge is 0.468 e. The van der Waals surface area contributed by atoms with Crippen molar-refractivity contribution in [3.63, 3.8) is 0 Å². The van der Waals surface area contributed by atoms with Crippen molar-refractivity contribution in [1.29, 1.82) is 0 Å². The standard InChI is InChI=1S/C14H24N2O/c1-4-12-9-16(13(5-2)8-15-12)10-14-11(3)6-7-17-14/h6-7,12-13,15H,4-5,8-10H2,1-3H3. The molecule has 0 bridgehead atoms. The van der Waals surface area contributed by atoms with Gasteiger partial charge in [0.2, 0.25) is 0 Å². The van der Waals surface area contributed by atoms with Crippen molar-refractivity contribution >= 4 is 0 Å². The van der Waals surface area contributed by atoms with E-state index in [0.717, 1.165) is 25.4 Å². The highest BCUT2D eigenvalue weighted by molar-refractivity contribution is 5.14. The van der Waals surface area contributed by atoms with Crippen molar-refractivity contribution in [2.24, 2.45) is 0 Å². The fraction of sp³-hybridized carbons (Fsp3) is 0.714. The Morgan fingerprint density at radius 1 is 1.41 bits per heavy atom. The summed E-state index contributed by atoms with van der Waals surface area (Å²) in [5.74, 6) is 1.13. The van der Waals surface area contributed by atoms with E-state index in [-0.39, 0.29) is 0 Å². The van der Waals surface area contributed by atoms with Gasteiger partial charge in [0.1, 0.15) is 5.76 Å². The van der Waals surface area contributed by atoms with Gasteiger partial charge in [-0.15, -0.1) is 0 Å². The first-order valence-corrected chi connectivity index (χ1v) is 6.75. The minimum absolute atomic E-state index is 0.632. The maximum absolute atomic E-state index is 5.57. The maximum atomic E-state index is 5.57. The second-order valence-corrected chi connectivity index (χ2v) is 5.03. The lowest BCUT2D eigenvalue weighted by Crippen LogP contribution is -2.55. The summed E-state index contributed by atoms with van der Waals surface area (Å²) < 4.78 is 5.57. The maximum Gasteiger partial charge on any atom is 0.120 e. The highest BCUT2D eigenvalue weighted by Gasteiger charge is 2.26. The molecular weight excluding hydrogens is 212 g/mol. The molecule has 1 aliphatic rings. The van der Waals surface area contributed by atoms with Crippen LogP contribution in [0.15, 0.2) is 16.7 Å². The van der Waals surface area contributed by atoms with Gasteiger partial charge in [-0.25, -0.2) is 0 Å². The Labute approximate surface area is 104 Å². The summed E-state index contributed by atoms with van der Waals surface area (Å²) in [4.78, 5) is 2.57. The molecular formula is C14H24N2O. The molecule has 0 saturated carbocycles. The van der Waals surface area contributed by atoms with Crippen LogP contribution in [-0.2, 0) is 6.54 Å². The van der Waals surface area contributed by atoms with Gasteiger partial charge in [0.05, 0.1) is 12.8 Å². The fourth-order valence-corrected chi connectivity index (χ4v) is 2.55. The van der Waals surface area contributed by atoms with Crippen molar-refractivity contribution in [2.45, 2.75) is 52.2 Å². The summed E-state index contributed by atoms with van der Waals surface area (Å²) >= 11 is 0. The van der Waals surface area contributed by atoms with Crippen molar-refractivity contribution in [2.75, 3.05) is 13.1 Å². The van der Waals surface area contributed by atoms with E-state index in [1.54, 1.807) is 6.26 Å². The van der Waals surface area contributed by atoms with E-state index in [1.807, 2.05) is 0 Å². The van der Waals surface area contributed by atoms with Crippen molar-refractivity contribution in [3.8, 4) is 0 Å². The van der Waals surface area contributed by atoms with Crippen LogP contribution in [-0.4, -0.2) is 30.1 Å². The lowest BCUT2D eigenvalue weighted by molar-refractivity contribution is 0.109. The predicted octanol–water partition coefficient (Wildman–Crippen LogP) is 2.55. The first-order chi connectivity index (χ1) is 8.24. The van der Waals surface area contributed by atoms with Gasteiger partial charge in [-0.3, -0.25) is 4.90 Å². The summed E-state index contributed by atoms with van der Waals surface area (Å²) in [5, 5.41) is 3.62. The van der Waals surface area contributed by atoms with Gasteiger partial charge in [0.15, 0.2) is 0 Å². The van der Waals surface area contributed by atoms with Gasteiger partial charge in [-0.05, 0) is 31.4 Å². The fourth-order valence-electron chi connectivity index (χ4n) is 2.55. The van der Waals surface area contributed by atoms with E-state index in [9.17, 15) is 0 Å². The zero-order valence-corrected chi connectivity index (χ0v) is 11.2. The molecule has 0 radical (unpaired) electrons. The molecule has 1 fully saturated rings. The van der Waals surface area contributed by atoms with Crippen molar-refractivity contribution in [3.05, 3.63) is 23.7 Å². The molecule has 3 nitrogen and oxygen atoms in total. The Bertz CT molecular complexity index is 348. The molecule has 1 aromatic rings. The van der Waals surface area contributed by atoms with Crippen LogP contribution in [0.5, 0.6) is 0 Å². The summed E-state index contributed by atoms with van der Waals surface area (Å²) in [6.07, 6.45) is 4.19. The van der Waals surface area contributed by atoms with Crippen molar-refractivity contribution in [1.82, 2.24) is 10.2 Å². The summed E-state index contributed by atoms with van der Waals surface area (Å²) in [6, 6.07) is 3.32. The molecule has 2 rings (SSSR count). The van der Waals surface area contributed by atoms with Crippen LogP contribution in [0, 0.1) is 6.92 Å². The third-order valence-corrected chi connectivity index (χ3v) is 3.89. The zero-order chi connectivity index (χ0) is 12.3. The molecule has 0 spiro atoms. The smallest absolute Gasteiger partial charge is 0.120 e. The number of aryl methyl sites for hydroxylation is 1. The Morgan fingerprint density at radius 3 is 2.82 bits per heavy atom. The molecule has 0 amide bonds. The van der Waals surface area contributed by atoms with E-state index in [0.29, 0.717) is 12.1 Å².